The summed E-state index contributed by atoms with van der Waals surface area (Å²) < 4.78 is 0. The first-order valence-corrected chi connectivity index (χ1v) is 5.70. The van der Waals surface area contributed by atoms with E-state index in [0.717, 1.165) is 9.92 Å². The normalized spacial score (nSPS) is 9.75. The molecule has 0 radical (unpaired) electrons. The van der Waals surface area contributed by atoms with E-state index in [2.05, 4.69) is 42.2 Å². The Morgan fingerprint density at radius 1 is 1.19 bits per heavy atom. The van der Waals surface area contributed by atoms with Gasteiger partial charge in [0.05, 0.1) is 11.6 Å². The smallest absolute Gasteiger partial charge is 0.102 e. The minimum Gasteiger partial charge on any atom is -0.250 e. The van der Waals surface area contributed by atoms with Gasteiger partial charge in [-0.15, -0.1) is 0 Å². The van der Waals surface area contributed by atoms with E-state index < -0.39 is 0 Å². The summed E-state index contributed by atoms with van der Waals surface area (Å²) in [4.78, 5) is 5.35. The maximum absolute atomic E-state index is 8.78. The van der Waals surface area contributed by atoms with Crippen molar-refractivity contribution >= 4 is 11.8 Å². The summed E-state index contributed by atoms with van der Waals surface area (Å²) in [7, 11) is 0. The monoisotopic (exact) mass is 226 g/mol. The SMILES string of the molecule is Cc1ccc(Sc2cc(C#N)ccn2)cc1. The zero-order chi connectivity index (χ0) is 11.4. The summed E-state index contributed by atoms with van der Waals surface area (Å²) in [6.45, 7) is 2.06. The van der Waals surface area contributed by atoms with Gasteiger partial charge in [0.2, 0.25) is 0 Å². The Bertz CT molecular complexity index is 526. The Balaban J connectivity index is 2.21. The molecule has 0 N–H and O–H groups in total. The van der Waals surface area contributed by atoms with Crippen LogP contribution in [0.25, 0.3) is 0 Å². The predicted molar refractivity (Wildman–Crippen MR) is 64.3 cm³/mol. The molecule has 0 aliphatic rings. The lowest BCUT2D eigenvalue weighted by Crippen LogP contribution is -1.82. The van der Waals surface area contributed by atoms with Gasteiger partial charge in [0.1, 0.15) is 5.03 Å². The number of rotatable bonds is 2. The van der Waals surface area contributed by atoms with Crippen LogP contribution in [0.3, 0.4) is 0 Å². The standard InChI is InChI=1S/C13H10N2S/c1-10-2-4-12(5-3-10)16-13-8-11(9-14)6-7-15-13/h2-8H,1H3. The van der Waals surface area contributed by atoms with Crippen LogP contribution in [0.15, 0.2) is 52.5 Å². The Morgan fingerprint density at radius 2 is 1.94 bits per heavy atom. The highest BCUT2D eigenvalue weighted by molar-refractivity contribution is 7.99. The average molecular weight is 226 g/mol. The second kappa shape index (κ2) is 4.82. The summed E-state index contributed by atoms with van der Waals surface area (Å²) in [6, 6.07) is 13.9. The van der Waals surface area contributed by atoms with Crippen LogP contribution >= 0.6 is 11.8 Å². The van der Waals surface area contributed by atoms with E-state index in [4.69, 9.17) is 5.26 Å². The van der Waals surface area contributed by atoms with Crippen molar-refractivity contribution in [3.8, 4) is 6.07 Å². The van der Waals surface area contributed by atoms with Crippen molar-refractivity contribution in [1.29, 1.82) is 5.26 Å². The second-order valence-electron chi connectivity index (χ2n) is 3.41. The van der Waals surface area contributed by atoms with Crippen LogP contribution in [0.5, 0.6) is 0 Å². The fraction of sp³-hybridized carbons (Fsp3) is 0.0769. The maximum atomic E-state index is 8.78. The maximum Gasteiger partial charge on any atom is 0.102 e. The zero-order valence-corrected chi connectivity index (χ0v) is 9.66. The number of aromatic nitrogens is 1. The van der Waals surface area contributed by atoms with Gasteiger partial charge in [0.25, 0.3) is 0 Å². The number of nitrogens with zero attached hydrogens (tertiary/aromatic N) is 2. The van der Waals surface area contributed by atoms with E-state index in [1.54, 1.807) is 30.1 Å². The predicted octanol–water partition coefficient (Wildman–Crippen LogP) is 3.41. The highest BCUT2D eigenvalue weighted by Gasteiger charge is 1.99. The van der Waals surface area contributed by atoms with Crippen LogP contribution in [0, 0.1) is 18.3 Å². The molecule has 1 heterocycles. The topological polar surface area (TPSA) is 36.7 Å². The average Bonchev–Trinajstić information content (AvgIpc) is 2.32. The lowest BCUT2D eigenvalue weighted by molar-refractivity contribution is 1.12. The molecule has 0 aliphatic carbocycles. The minimum absolute atomic E-state index is 0.643. The number of pyridine rings is 1. The molecule has 16 heavy (non-hydrogen) atoms. The molecule has 0 fully saturated rings. The molecule has 2 aromatic rings. The van der Waals surface area contributed by atoms with Crippen LogP contribution in [0.2, 0.25) is 0 Å². The van der Waals surface area contributed by atoms with Gasteiger partial charge >= 0.3 is 0 Å². The summed E-state index contributed by atoms with van der Waals surface area (Å²) >= 11 is 1.56. The van der Waals surface area contributed by atoms with Gasteiger partial charge in [-0.05, 0) is 31.2 Å². The Labute approximate surface area is 99.0 Å². The molecule has 2 rings (SSSR count). The first-order valence-electron chi connectivity index (χ1n) is 4.88. The van der Waals surface area contributed by atoms with E-state index in [-0.39, 0.29) is 0 Å². The summed E-state index contributed by atoms with van der Waals surface area (Å²) in [5.74, 6) is 0. The van der Waals surface area contributed by atoms with Gasteiger partial charge in [-0.1, -0.05) is 29.5 Å². The molecule has 3 heteroatoms. The second-order valence-corrected chi connectivity index (χ2v) is 4.50. The first kappa shape index (κ1) is 10.7. The molecule has 0 spiro atoms. The van der Waals surface area contributed by atoms with Gasteiger partial charge in [0, 0.05) is 11.1 Å². The van der Waals surface area contributed by atoms with E-state index in [0.29, 0.717) is 5.56 Å². The van der Waals surface area contributed by atoms with Gasteiger partial charge in [0.15, 0.2) is 0 Å². The molecule has 0 saturated carbocycles. The van der Waals surface area contributed by atoms with Crippen molar-refractivity contribution < 1.29 is 0 Å². The molecular weight excluding hydrogens is 216 g/mol. The highest BCUT2D eigenvalue weighted by Crippen LogP contribution is 2.26. The van der Waals surface area contributed by atoms with Crippen LogP contribution in [-0.4, -0.2) is 4.98 Å². The van der Waals surface area contributed by atoms with Gasteiger partial charge in [-0.2, -0.15) is 5.26 Å². The van der Waals surface area contributed by atoms with Crippen molar-refractivity contribution in [2.24, 2.45) is 0 Å². The quantitative estimate of drug-likeness (QED) is 0.787. The van der Waals surface area contributed by atoms with Crippen LogP contribution in [0.4, 0.5) is 0 Å². The molecule has 78 valence electrons. The van der Waals surface area contributed by atoms with Crippen molar-refractivity contribution in [2.75, 3.05) is 0 Å². The third-order valence-electron chi connectivity index (χ3n) is 2.11. The van der Waals surface area contributed by atoms with Crippen molar-refractivity contribution in [3.05, 3.63) is 53.7 Å². The molecule has 0 atom stereocenters. The summed E-state index contributed by atoms with van der Waals surface area (Å²) in [5.41, 5.74) is 1.88. The van der Waals surface area contributed by atoms with E-state index in [1.165, 1.54) is 5.56 Å². The molecule has 0 bridgehead atoms. The van der Waals surface area contributed by atoms with Crippen LogP contribution < -0.4 is 0 Å². The number of aryl methyl sites for hydroxylation is 1. The highest BCUT2D eigenvalue weighted by atomic mass is 32.2. The molecule has 1 aromatic carbocycles. The van der Waals surface area contributed by atoms with Crippen LogP contribution in [-0.2, 0) is 0 Å². The zero-order valence-electron chi connectivity index (χ0n) is 8.84. The molecule has 1 aromatic heterocycles. The molecular formula is C13H10N2S. The van der Waals surface area contributed by atoms with E-state index >= 15 is 0 Å². The third kappa shape index (κ3) is 2.62. The number of nitriles is 1. The van der Waals surface area contributed by atoms with E-state index in [1.807, 2.05) is 0 Å². The molecule has 0 unspecified atom stereocenters. The van der Waals surface area contributed by atoms with Crippen LogP contribution in [0.1, 0.15) is 11.1 Å². The molecule has 0 aliphatic heterocycles. The Kier molecular flexibility index (Phi) is 3.23. The molecule has 2 nitrogen and oxygen atoms in total. The Hall–Kier alpha value is -1.79. The van der Waals surface area contributed by atoms with Gasteiger partial charge in [-0.25, -0.2) is 4.98 Å². The summed E-state index contributed by atoms with van der Waals surface area (Å²) in [6.07, 6.45) is 1.66. The lowest BCUT2D eigenvalue weighted by atomic mass is 10.2. The largest absolute Gasteiger partial charge is 0.250 e. The fourth-order valence-electron chi connectivity index (χ4n) is 1.26. The number of hydrogen-bond acceptors (Lipinski definition) is 3. The molecule has 0 saturated heterocycles. The van der Waals surface area contributed by atoms with Gasteiger partial charge in [-0.3, -0.25) is 0 Å². The Morgan fingerprint density at radius 3 is 2.62 bits per heavy atom. The minimum atomic E-state index is 0.643. The summed E-state index contributed by atoms with van der Waals surface area (Å²) in [5, 5.41) is 9.63. The van der Waals surface area contributed by atoms with Crippen molar-refractivity contribution in [3.63, 3.8) is 0 Å². The lowest BCUT2D eigenvalue weighted by Gasteiger charge is -2.01. The van der Waals surface area contributed by atoms with Crippen molar-refractivity contribution in [2.45, 2.75) is 16.8 Å². The fourth-order valence-corrected chi connectivity index (χ4v) is 2.07. The van der Waals surface area contributed by atoms with E-state index in [9.17, 15) is 0 Å². The first-order chi connectivity index (χ1) is 7.78. The van der Waals surface area contributed by atoms with Crippen molar-refractivity contribution in [1.82, 2.24) is 4.98 Å². The van der Waals surface area contributed by atoms with Gasteiger partial charge < -0.3 is 0 Å². The molecule has 0 amide bonds. The number of benzene rings is 1. The number of hydrogen-bond donors (Lipinski definition) is 0. The third-order valence-corrected chi connectivity index (χ3v) is 3.05.